The van der Waals surface area contributed by atoms with Crippen LogP contribution in [0.4, 0.5) is 24.5 Å². The Labute approximate surface area is 79.9 Å². The molecule has 0 aromatic heterocycles. The molecule has 77 valence electrons. The van der Waals surface area contributed by atoms with Gasteiger partial charge in [-0.3, -0.25) is 0 Å². The van der Waals surface area contributed by atoms with Gasteiger partial charge in [0.15, 0.2) is 0 Å². The zero-order chi connectivity index (χ0) is 10.8. The first-order valence-corrected chi connectivity index (χ1v) is 3.95. The summed E-state index contributed by atoms with van der Waals surface area (Å²) < 4.78 is 36.9. The van der Waals surface area contributed by atoms with E-state index in [1.54, 1.807) is 6.92 Å². The van der Waals surface area contributed by atoms with E-state index >= 15 is 0 Å². The fourth-order valence-corrected chi connectivity index (χ4v) is 1.07. The molecule has 0 atom stereocenters. The van der Waals surface area contributed by atoms with Crippen LogP contribution < -0.4 is 11.1 Å². The number of nitrogens with two attached hydrogens (primary N) is 1. The van der Waals surface area contributed by atoms with E-state index in [9.17, 15) is 13.2 Å². The average molecular weight is 203 g/mol. The molecule has 0 unspecified atom stereocenters. The Morgan fingerprint density at radius 2 is 1.93 bits per heavy atom. The number of benzene rings is 1. The van der Waals surface area contributed by atoms with Crippen molar-refractivity contribution in [2.75, 3.05) is 11.1 Å². The summed E-state index contributed by atoms with van der Waals surface area (Å²) in [6.07, 6.45) is -4.36. The van der Waals surface area contributed by atoms with Gasteiger partial charge in [-0.25, -0.2) is 0 Å². The second-order valence-corrected chi connectivity index (χ2v) is 2.77. The molecule has 0 aliphatic carbocycles. The zero-order valence-corrected chi connectivity index (χ0v) is 7.52. The Hall–Kier alpha value is -1.39. The van der Waals surface area contributed by atoms with Crippen molar-refractivity contribution in [1.82, 2.24) is 0 Å². The Kier molecular flexibility index (Phi) is 2.88. The maximum absolute atomic E-state index is 12.3. The number of rotatable bonds is 2. The van der Waals surface area contributed by atoms with E-state index in [4.69, 9.17) is 5.73 Å². The molecule has 1 aromatic carbocycles. The lowest BCUT2D eigenvalue weighted by Crippen LogP contribution is -2.06. The Bertz CT molecular complexity index is 320. The highest BCUT2D eigenvalue weighted by molar-refractivity contribution is 5.58. The van der Waals surface area contributed by atoms with E-state index in [0.717, 1.165) is 12.1 Å². The first-order valence-electron chi connectivity index (χ1n) is 3.95. The highest BCUT2D eigenvalue weighted by Gasteiger charge is 2.30. The van der Waals surface area contributed by atoms with Gasteiger partial charge in [-0.2, -0.15) is 13.2 Å². The molecular weight excluding hydrogens is 193 g/mol. The third-order valence-electron chi connectivity index (χ3n) is 1.59. The number of anilines is 2. The fourth-order valence-electron chi connectivity index (χ4n) is 1.07. The van der Waals surface area contributed by atoms with Crippen molar-refractivity contribution < 1.29 is 13.2 Å². The van der Waals surface area contributed by atoms with Crippen LogP contribution in [0.15, 0.2) is 18.2 Å². The molecule has 0 heterocycles. The monoisotopic (exact) mass is 203 g/mol. The molecule has 3 N–H and O–H groups in total. The maximum atomic E-state index is 12.3. The molecule has 1 aromatic rings. The van der Waals surface area contributed by atoms with E-state index in [2.05, 4.69) is 5.32 Å². The van der Waals surface area contributed by atoms with Crippen molar-refractivity contribution in [1.29, 1.82) is 0 Å². The standard InChI is InChI=1S/C9H10F3N2/c1-2-14-8-4-6(9(10,11)12)3-7(13)5-8/h2-5,14H,13H2,1H3. The van der Waals surface area contributed by atoms with Gasteiger partial charge in [-0.15, -0.1) is 0 Å². The molecule has 0 saturated heterocycles. The summed E-state index contributed by atoms with van der Waals surface area (Å²) in [5, 5.41) is 2.66. The molecule has 0 bridgehead atoms. The normalized spacial score (nSPS) is 11.4. The second kappa shape index (κ2) is 3.77. The van der Waals surface area contributed by atoms with Gasteiger partial charge < -0.3 is 11.1 Å². The molecular formula is C9H10F3N2. The average Bonchev–Trinajstić information content (AvgIpc) is 2.02. The van der Waals surface area contributed by atoms with Crippen molar-refractivity contribution >= 4 is 11.4 Å². The van der Waals surface area contributed by atoms with Gasteiger partial charge in [-0.05, 0) is 25.1 Å². The van der Waals surface area contributed by atoms with Gasteiger partial charge in [0, 0.05) is 17.9 Å². The number of alkyl halides is 3. The molecule has 1 rings (SSSR count). The van der Waals surface area contributed by atoms with Crippen LogP contribution in [0.25, 0.3) is 0 Å². The predicted octanol–water partition coefficient (Wildman–Crippen LogP) is 2.88. The van der Waals surface area contributed by atoms with E-state index < -0.39 is 11.7 Å². The van der Waals surface area contributed by atoms with Gasteiger partial charge in [0.1, 0.15) is 0 Å². The van der Waals surface area contributed by atoms with Crippen molar-refractivity contribution in [2.24, 2.45) is 0 Å². The highest BCUT2D eigenvalue weighted by Crippen LogP contribution is 2.32. The van der Waals surface area contributed by atoms with Crippen LogP contribution in [-0.4, -0.2) is 0 Å². The van der Waals surface area contributed by atoms with Crippen LogP contribution >= 0.6 is 0 Å². The summed E-state index contributed by atoms with van der Waals surface area (Å²) in [5.74, 6) is 0. The maximum Gasteiger partial charge on any atom is 0.416 e. The van der Waals surface area contributed by atoms with E-state index in [0.29, 0.717) is 5.69 Å². The van der Waals surface area contributed by atoms with Crippen molar-refractivity contribution in [3.05, 3.63) is 30.3 Å². The topological polar surface area (TPSA) is 38.0 Å². The molecule has 5 heteroatoms. The molecule has 14 heavy (non-hydrogen) atoms. The van der Waals surface area contributed by atoms with Crippen molar-refractivity contribution in [2.45, 2.75) is 13.1 Å². The predicted molar refractivity (Wildman–Crippen MR) is 49.5 cm³/mol. The summed E-state index contributed by atoms with van der Waals surface area (Å²) in [4.78, 5) is 0. The summed E-state index contributed by atoms with van der Waals surface area (Å²) in [6, 6.07) is 3.35. The zero-order valence-electron chi connectivity index (χ0n) is 7.52. The Morgan fingerprint density at radius 1 is 1.29 bits per heavy atom. The summed E-state index contributed by atoms with van der Waals surface area (Å²) >= 11 is 0. The van der Waals surface area contributed by atoms with Gasteiger partial charge in [-0.1, -0.05) is 0 Å². The van der Waals surface area contributed by atoms with Gasteiger partial charge >= 0.3 is 6.18 Å². The second-order valence-electron chi connectivity index (χ2n) is 2.77. The summed E-state index contributed by atoms with van der Waals surface area (Å²) in [7, 11) is 0. The minimum absolute atomic E-state index is 0.0872. The number of nitrogens with one attached hydrogen (secondary N) is 1. The number of hydrogen-bond acceptors (Lipinski definition) is 2. The van der Waals surface area contributed by atoms with Gasteiger partial charge in [0.25, 0.3) is 0 Å². The molecule has 0 aliphatic heterocycles. The first-order chi connectivity index (χ1) is 6.43. The number of nitrogen functional groups attached to an aromatic ring is 1. The van der Waals surface area contributed by atoms with Crippen LogP contribution in [0.3, 0.4) is 0 Å². The van der Waals surface area contributed by atoms with E-state index in [-0.39, 0.29) is 5.69 Å². The van der Waals surface area contributed by atoms with Crippen LogP contribution in [0, 0.1) is 6.54 Å². The Morgan fingerprint density at radius 3 is 2.43 bits per heavy atom. The lowest BCUT2D eigenvalue weighted by molar-refractivity contribution is -0.137. The molecule has 0 saturated carbocycles. The van der Waals surface area contributed by atoms with Crippen molar-refractivity contribution in [3.8, 4) is 0 Å². The van der Waals surface area contributed by atoms with Crippen LogP contribution in [0.2, 0.25) is 0 Å². The summed E-state index contributed by atoms with van der Waals surface area (Å²) in [6.45, 7) is 3.21. The van der Waals surface area contributed by atoms with Crippen LogP contribution in [0.1, 0.15) is 12.5 Å². The largest absolute Gasteiger partial charge is 0.416 e. The lowest BCUT2D eigenvalue weighted by atomic mass is 10.1. The van der Waals surface area contributed by atoms with Crippen molar-refractivity contribution in [3.63, 3.8) is 0 Å². The third kappa shape index (κ3) is 2.55. The van der Waals surface area contributed by atoms with Crippen LogP contribution in [-0.2, 0) is 6.18 Å². The SMILES string of the molecule is C[CH]Nc1cc(N)cc(C(F)(F)F)c1. The number of hydrogen-bond donors (Lipinski definition) is 2. The molecule has 2 nitrogen and oxygen atoms in total. The first kappa shape index (κ1) is 10.7. The smallest absolute Gasteiger partial charge is 0.399 e. The van der Waals surface area contributed by atoms with Gasteiger partial charge in [0.05, 0.1) is 5.56 Å². The molecule has 0 fully saturated rings. The minimum Gasteiger partial charge on any atom is -0.399 e. The Balaban J connectivity index is 3.07. The third-order valence-corrected chi connectivity index (χ3v) is 1.59. The van der Waals surface area contributed by atoms with Crippen LogP contribution in [0.5, 0.6) is 0 Å². The van der Waals surface area contributed by atoms with E-state index in [1.165, 1.54) is 12.6 Å². The summed E-state index contributed by atoms with van der Waals surface area (Å²) in [5.41, 5.74) is 5.00. The molecule has 0 amide bonds. The fraction of sp³-hybridized carbons (Fsp3) is 0.222. The molecule has 0 spiro atoms. The van der Waals surface area contributed by atoms with E-state index in [1.807, 2.05) is 0 Å². The number of halogens is 3. The molecule has 1 radical (unpaired) electrons. The highest BCUT2D eigenvalue weighted by atomic mass is 19.4. The molecule has 0 aliphatic rings. The minimum atomic E-state index is -4.36. The quantitative estimate of drug-likeness (QED) is 0.725. The lowest BCUT2D eigenvalue weighted by Gasteiger charge is -2.10. The van der Waals surface area contributed by atoms with Gasteiger partial charge in [0.2, 0.25) is 0 Å².